The Balaban J connectivity index is 4.02. The molecule has 0 spiro atoms. The standard InChI is InChI=1S/C8H15N2O3/c1-6(11)3-7(4-8(9)12)5-10(2)13/h7H,3-5H2,1-2H3,(H2,9,12)/q-1. The van der Waals surface area contributed by atoms with Crippen LogP contribution in [0.5, 0.6) is 0 Å². The molecule has 0 aliphatic carbocycles. The molecule has 1 amide bonds. The Kier molecular flexibility index (Phi) is 5.25. The van der Waals surface area contributed by atoms with Crippen LogP contribution in [0.1, 0.15) is 19.8 Å². The topological polar surface area (TPSA) is 86.5 Å². The molecule has 13 heavy (non-hydrogen) atoms. The lowest BCUT2D eigenvalue weighted by atomic mass is 9.99. The van der Waals surface area contributed by atoms with Gasteiger partial charge < -0.3 is 20.8 Å². The number of primary amides is 1. The summed E-state index contributed by atoms with van der Waals surface area (Å²) in [5.41, 5.74) is 4.97. The number of hydroxylamine groups is 2. The van der Waals surface area contributed by atoms with Gasteiger partial charge in [0.2, 0.25) is 5.91 Å². The zero-order valence-corrected chi connectivity index (χ0v) is 7.95. The molecule has 2 N–H and O–H groups in total. The van der Waals surface area contributed by atoms with Gasteiger partial charge in [-0.1, -0.05) is 0 Å². The van der Waals surface area contributed by atoms with Crippen LogP contribution in [0.15, 0.2) is 0 Å². The molecule has 0 aromatic carbocycles. The van der Waals surface area contributed by atoms with Crippen LogP contribution in [0.25, 0.3) is 0 Å². The Hall–Kier alpha value is -0.940. The summed E-state index contributed by atoms with van der Waals surface area (Å²) in [6.07, 6.45) is 0.321. The minimum Gasteiger partial charge on any atom is -0.785 e. The highest BCUT2D eigenvalue weighted by atomic mass is 16.5. The quantitative estimate of drug-likeness (QED) is 0.587. The van der Waals surface area contributed by atoms with E-state index in [9.17, 15) is 14.8 Å². The average molecular weight is 187 g/mol. The van der Waals surface area contributed by atoms with Crippen molar-refractivity contribution in [2.75, 3.05) is 13.6 Å². The Labute approximate surface area is 77.5 Å². The van der Waals surface area contributed by atoms with Gasteiger partial charge >= 0.3 is 0 Å². The molecular formula is C8H15N2O3-. The van der Waals surface area contributed by atoms with Crippen LogP contribution in [-0.4, -0.2) is 30.3 Å². The molecule has 0 radical (unpaired) electrons. The molecular weight excluding hydrogens is 172 g/mol. The molecule has 0 fully saturated rings. The Morgan fingerprint density at radius 3 is 2.31 bits per heavy atom. The van der Waals surface area contributed by atoms with Crippen LogP contribution < -0.4 is 5.73 Å². The molecule has 0 saturated heterocycles. The highest BCUT2D eigenvalue weighted by Crippen LogP contribution is 2.09. The van der Waals surface area contributed by atoms with Gasteiger partial charge in [-0.2, -0.15) is 0 Å². The first-order valence-corrected chi connectivity index (χ1v) is 4.07. The molecule has 0 rings (SSSR count). The lowest BCUT2D eigenvalue weighted by molar-refractivity contribution is -0.120. The number of nitrogens with zero attached hydrogens (tertiary/aromatic N) is 1. The van der Waals surface area contributed by atoms with Gasteiger partial charge in [0.05, 0.1) is 0 Å². The zero-order chi connectivity index (χ0) is 10.4. The molecule has 0 heterocycles. The molecule has 0 aliphatic rings. The maximum Gasteiger partial charge on any atom is 0.217 e. The number of hydrogen-bond acceptors (Lipinski definition) is 4. The summed E-state index contributed by atoms with van der Waals surface area (Å²) in [5, 5.41) is 11.4. The summed E-state index contributed by atoms with van der Waals surface area (Å²) < 4.78 is 0. The van der Waals surface area contributed by atoms with E-state index < -0.39 is 5.91 Å². The van der Waals surface area contributed by atoms with Crippen molar-refractivity contribution in [3.05, 3.63) is 5.21 Å². The number of Topliss-reactive ketones (excluding diaryl/α,β-unsaturated/α-hetero) is 1. The Bertz CT molecular complexity index is 176. The third-order valence-electron chi connectivity index (χ3n) is 1.58. The van der Waals surface area contributed by atoms with Crippen molar-refractivity contribution in [1.29, 1.82) is 0 Å². The molecule has 0 aliphatic heterocycles. The first kappa shape index (κ1) is 12.1. The predicted molar refractivity (Wildman–Crippen MR) is 48.6 cm³/mol. The van der Waals surface area contributed by atoms with Crippen LogP contribution in [-0.2, 0) is 9.59 Å². The molecule has 0 aromatic rings. The van der Waals surface area contributed by atoms with Crippen LogP contribution in [0.2, 0.25) is 0 Å². The van der Waals surface area contributed by atoms with Crippen LogP contribution in [0, 0.1) is 11.1 Å². The molecule has 0 bridgehead atoms. The third kappa shape index (κ3) is 7.42. The van der Waals surface area contributed by atoms with Crippen molar-refractivity contribution in [1.82, 2.24) is 5.06 Å². The third-order valence-corrected chi connectivity index (χ3v) is 1.58. The number of carbonyl (C=O) groups excluding carboxylic acids is 2. The number of nitrogens with two attached hydrogens (primary N) is 1. The normalized spacial score (nSPS) is 12.9. The van der Waals surface area contributed by atoms with E-state index in [2.05, 4.69) is 0 Å². The largest absolute Gasteiger partial charge is 0.785 e. The molecule has 76 valence electrons. The fourth-order valence-electron chi connectivity index (χ4n) is 1.26. The maximum atomic E-state index is 10.7. The average Bonchev–Trinajstić information content (AvgIpc) is 1.80. The van der Waals surface area contributed by atoms with Gasteiger partial charge in [-0.3, -0.25) is 4.79 Å². The molecule has 5 nitrogen and oxygen atoms in total. The first-order chi connectivity index (χ1) is 5.91. The van der Waals surface area contributed by atoms with Crippen molar-refractivity contribution in [3.8, 4) is 0 Å². The van der Waals surface area contributed by atoms with E-state index in [1.54, 1.807) is 0 Å². The summed E-state index contributed by atoms with van der Waals surface area (Å²) in [5.74, 6) is -0.765. The van der Waals surface area contributed by atoms with Gasteiger partial charge in [0.25, 0.3) is 0 Å². The fourth-order valence-corrected chi connectivity index (χ4v) is 1.26. The summed E-state index contributed by atoms with van der Waals surface area (Å²) >= 11 is 0. The van der Waals surface area contributed by atoms with E-state index in [-0.39, 0.29) is 31.1 Å². The number of ketones is 1. The van der Waals surface area contributed by atoms with Crippen molar-refractivity contribution in [2.45, 2.75) is 19.8 Å². The summed E-state index contributed by atoms with van der Waals surface area (Å²) in [6, 6.07) is 0. The number of carbonyl (C=O) groups is 2. The Morgan fingerprint density at radius 2 is 2.00 bits per heavy atom. The first-order valence-electron chi connectivity index (χ1n) is 4.07. The SMILES string of the molecule is CC(=O)CC(CC(N)=O)CN(C)[O-]. The second kappa shape index (κ2) is 5.66. The van der Waals surface area contributed by atoms with Gasteiger partial charge in [-0.25, -0.2) is 0 Å². The zero-order valence-electron chi connectivity index (χ0n) is 7.95. The fraction of sp³-hybridized carbons (Fsp3) is 0.750. The number of rotatable bonds is 6. The maximum absolute atomic E-state index is 10.7. The van der Waals surface area contributed by atoms with Crippen molar-refractivity contribution in [2.24, 2.45) is 11.7 Å². The lowest BCUT2D eigenvalue weighted by Gasteiger charge is -2.26. The summed E-state index contributed by atoms with van der Waals surface area (Å²) in [7, 11) is 1.36. The van der Waals surface area contributed by atoms with E-state index >= 15 is 0 Å². The van der Waals surface area contributed by atoms with Crippen molar-refractivity contribution in [3.63, 3.8) is 0 Å². The van der Waals surface area contributed by atoms with E-state index in [0.29, 0.717) is 5.06 Å². The van der Waals surface area contributed by atoms with E-state index in [1.165, 1.54) is 14.0 Å². The Morgan fingerprint density at radius 1 is 1.46 bits per heavy atom. The summed E-state index contributed by atoms with van der Waals surface area (Å²) in [6.45, 7) is 1.60. The molecule has 5 heteroatoms. The van der Waals surface area contributed by atoms with Crippen LogP contribution in [0.3, 0.4) is 0 Å². The van der Waals surface area contributed by atoms with E-state index in [1.807, 2.05) is 0 Å². The smallest absolute Gasteiger partial charge is 0.217 e. The van der Waals surface area contributed by atoms with Gasteiger partial charge in [-0.15, -0.1) is 0 Å². The molecule has 1 atom stereocenters. The van der Waals surface area contributed by atoms with E-state index in [0.717, 1.165) is 0 Å². The minimum absolute atomic E-state index is 0.0342. The highest BCUT2D eigenvalue weighted by molar-refractivity contribution is 5.78. The molecule has 0 aromatic heterocycles. The summed E-state index contributed by atoms with van der Waals surface area (Å²) in [4.78, 5) is 21.3. The van der Waals surface area contributed by atoms with Crippen LogP contribution >= 0.6 is 0 Å². The van der Waals surface area contributed by atoms with Crippen molar-refractivity contribution < 1.29 is 9.59 Å². The van der Waals surface area contributed by atoms with E-state index in [4.69, 9.17) is 5.73 Å². The minimum atomic E-state index is -0.479. The lowest BCUT2D eigenvalue weighted by Crippen LogP contribution is -2.26. The van der Waals surface area contributed by atoms with Gasteiger partial charge in [0.15, 0.2) is 0 Å². The number of amides is 1. The van der Waals surface area contributed by atoms with Crippen molar-refractivity contribution >= 4 is 11.7 Å². The van der Waals surface area contributed by atoms with Gasteiger partial charge in [0.1, 0.15) is 5.78 Å². The van der Waals surface area contributed by atoms with Gasteiger partial charge in [0, 0.05) is 12.8 Å². The molecule has 1 unspecified atom stereocenters. The van der Waals surface area contributed by atoms with Gasteiger partial charge in [-0.05, 0) is 26.4 Å². The number of hydrogen-bond donors (Lipinski definition) is 1. The molecule has 0 saturated carbocycles. The van der Waals surface area contributed by atoms with Crippen LogP contribution in [0.4, 0.5) is 0 Å². The predicted octanol–water partition coefficient (Wildman–Crippen LogP) is -0.113. The highest BCUT2D eigenvalue weighted by Gasteiger charge is 2.13. The monoisotopic (exact) mass is 187 g/mol. The second-order valence-electron chi connectivity index (χ2n) is 3.25. The second-order valence-corrected chi connectivity index (χ2v) is 3.25.